The molecule has 0 aromatic carbocycles. The maximum Gasteiger partial charge on any atom is 0.274 e. The fourth-order valence-electron chi connectivity index (χ4n) is 1.01. The molecule has 94 valence electrons. The van der Waals surface area contributed by atoms with E-state index in [1.807, 2.05) is 0 Å². The predicted octanol–water partition coefficient (Wildman–Crippen LogP) is 0.363. The summed E-state index contributed by atoms with van der Waals surface area (Å²) >= 11 is 0. The van der Waals surface area contributed by atoms with Crippen molar-refractivity contribution in [2.45, 2.75) is 32.7 Å². The minimum absolute atomic E-state index is 0.310. The molecule has 0 saturated carbocycles. The predicted molar refractivity (Wildman–Crippen MR) is 56.4 cm³/mol. The Bertz CT molecular complexity index is 268. The van der Waals surface area contributed by atoms with Crippen molar-refractivity contribution < 1.29 is 23.9 Å². The van der Waals surface area contributed by atoms with Gasteiger partial charge in [0.15, 0.2) is 5.78 Å². The van der Waals surface area contributed by atoms with Crippen molar-refractivity contribution in [3.8, 4) is 0 Å². The summed E-state index contributed by atoms with van der Waals surface area (Å²) in [6.07, 6.45) is -0.834. The maximum absolute atomic E-state index is 11.6. The number of hydrogen-bond donors (Lipinski definition) is 0. The third-order valence-corrected chi connectivity index (χ3v) is 2.36. The first-order valence-electron chi connectivity index (χ1n) is 4.84. The smallest absolute Gasteiger partial charge is 0.274 e. The first kappa shape index (κ1) is 15.0. The van der Waals surface area contributed by atoms with Crippen molar-refractivity contribution >= 4 is 11.7 Å². The monoisotopic (exact) mass is 233 g/mol. The lowest BCUT2D eigenvalue weighted by atomic mass is 10.2. The van der Waals surface area contributed by atoms with E-state index in [0.717, 1.165) is 5.06 Å². The number of hydroxylamine groups is 2. The molecule has 0 aromatic heterocycles. The maximum atomic E-state index is 11.6. The highest BCUT2D eigenvalue weighted by atomic mass is 16.7. The van der Waals surface area contributed by atoms with Crippen LogP contribution in [-0.2, 0) is 23.9 Å². The van der Waals surface area contributed by atoms with E-state index in [-0.39, 0.29) is 5.78 Å². The Hall–Kier alpha value is -0.980. The molecule has 0 aliphatic carbocycles. The second-order valence-electron chi connectivity index (χ2n) is 3.48. The molecular formula is C10H19NO5. The summed E-state index contributed by atoms with van der Waals surface area (Å²) in [5.74, 6) is -2.12. The number of methoxy groups -OCH3 is 1. The quantitative estimate of drug-likeness (QED) is 0.489. The summed E-state index contributed by atoms with van der Waals surface area (Å²) in [5, 5.41) is 1.03. The highest BCUT2D eigenvalue weighted by molar-refractivity contribution is 5.84. The van der Waals surface area contributed by atoms with Gasteiger partial charge in [0.25, 0.3) is 5.91 Å². The van der Waals surface area contributed by atoms with E-state index in [2.05, 4.69) is 0 Å². The Morgan fingerprint density at radius 2 is 1.81 bits per heavy atom. The van der Waals surface area contributed by atoms with Gasteiger partial charge in [0.05, 0.1) is 7.11 Å². The molecule has 0 aliphatic heterocycles. The van der Waals surface area contributed by atoms with Crippen molar-refractivity contribution in [3.05, 3.63) is 0 Å². The van der Waals surface area contributed by atoms with E-state index >= 15 is 0 Å². The van der Waals surface area contributed by atoms with Gasteiger partial charge in [0.1, 0.15) is 6.10 Å². The molecular weight excluding hydrogens is 214 g/mol. The fraction of sp³-hybridized carbons (Fsp3) is 0.800. The molecule has 0 unspecified atom stereocenters. The number of ether oxygens (including phenoxy) is 2. The van der Waals surface area contributed by atoms with Gasteiger partial charge < -0.3 is 9.47 Å². The number of Topliss-reactive ketones (excluding diaryl/α,β-unsaturated/α-hetero) is 1. The summed E-state index contributed by atoms with van der Waals surface area (Å²) in [6.45, 7) is 4.32. The number of ketones is 1. The van der Waals surface area contributed by atoms with Gasteiger partial charge in [-0.1, -0.05) is 0 Å². The van der Waals surface area contributed by atoms with Crippen LogP contribution in [0.5, 0.6) is 0 Å². The Kier molecular flexibility index (Phi) is 5.57. The van der Waals surface area contributed by atoms with Gasteiger partial charge in [-0.25, -0.2) is 5.06 Å². The number of likely N-dealkylation sites (N-methyl/N-ethyl adjacent to an activating group) is 1. The minimum atomic E-state index is -1.41. The summed E-state index contributed by atoms with van der Waals surface area (Å²) in [7, 11) is 4.17. The number of rotatable bonds is 6. The molecule has 0 spiro atoms. The van der Waals surface area contributed by atoms with Crippen molar-refractivity contribution in [2.75, 3.05) is 21.3 Å². The first-order chi connectivity index (χ1) is 7.28. The summed E-state index contributed by atoms with van der Waals surface area (Å²) in [6, 6.07) is 0. The van der Waals surface area contributed by atoms with Crippen LogP contribution in [0.3, 0.4) is 0 Å². The SMILES string of the molecule is CON(C)C(=O)[C@@H](C)O[C@](C)(OC)C(C)=O. The van der Waals surface area contributed by atoms with Gasteiger partial charge in [-0.2, -0.15) is 0 Å². The number of hydrogen-bond acceptors (Lipinski definition) is 5. The zero-order valence-electron chi connectivity index (χ0n) is 10.6. The van der Waals surface area contributed by atoms with E-state index < -0.39 is 17.8 Å². The largest absolute Gasteiger partial charge is 0.347 e. The third kappa shape index (κ3) is 3.55. The molecule has 0 N–H and O–H groups in total. The third-order valence-electron chi connectivity index (χ3n) is 2.36. The van der Waals surface area contributed by atoms with E-state index in [1.54, 1.807) is 0 Å². The van der Waals surface area contributed by atoms with E-state index in [4.69, 9.17) is 14.3 Å². The molecule has 0 aliphatic rings. The second kappa shape index (κ2) is 5.93. The van der Waals surface area contributed by atoms with Gasteiger partial charge >= 0.3 is 0 Å². The standard InChI is InChI=1S/C10H19NO5/c1-7(9(13)11(4)15-6)16-10(3,14-5)8(2)12/h7H,1-6H3/t7-,10+/m1/s1. The average molecular weight is 233 g/mol. The molecule has 0 fully saturated rings. The number of amides is 1. The van der Waals surface area contributed by atoms with Gasteiger partial charge in [-0.05, 0) is 13.8 Å². The van der Waals surface area contributed by atoms with Crippen LogP contribution in [0, 0.1) is 0 Å². The average Bonchev–Trinajstić information content (AvgIpc) is 2.26. The Balaban J connectivity index is 4.59. The zero-order chi connectivity index (χ0) is 12.9. The van der Waals surface area contributed by atoms with Crippen molar-refractivity contribution in [2.24, 2.45) is 0 Å². The lowest BCUT2D eigenvalue weighted by molar-refractivity contribution is -0.233. The molecule has 0 saturated heterocycles. The van der Waals surface area contributed by atoms with E-state index in [9.17, 15) is 9.59 Å². The van der Waals surface area contributed by atoms with Gasteiger partial charge in [0.2, 0.25) is 5.79 Å². The Labute approximate surface area is 95.4 Å². The second-order valence-corrected chi connectivity index (χ2v) is 3.48. The topological polar surface area (TPSA) is 65.1 Å². The minimum Gasteiger partial charge on any atom is -0.347 e. The summed E-state index contributed by atoms with van der Waals surface area (Å²) in [4.78, 5) is 27.6. The molecule has 0 aromatic rings. The number of carbonyl (C=O) groups is 2. The van der Waals surface area contributed by atoms with E-state index in [0.29, 0.717) is 0 Å². The molecule has 0 heterocycles. The van der Waals surface area contributed by atoms with Gasteiger partial charge in [-0.3, -0.25) is 14.4 Å². The molecule has 6 heteroatoms. The number of carbonyl (C=O) groups excluding carboxylic acids is 2. The van der Waals surface area contributed by atoms with E-state index in [1.165, 1.54) is 42.0 Å². The van der Waals surface area contributed by atoms with Gasteiger partial charge in [-0.15, -0.1) is 0 Å². The van der Waals surface area contributed by atoms with Gasteiger partial charge in [0, 0.05) is 21.1 Å². The molecule has 0 rings (SSSR count). The lowest BCUT2D eigenvalue weighted by Crippen LogP contribution is -2.46. The first-order valence-corrected chi connectivity index (χ1v) is 4.84. The lowest BCUT2D eigenvalue weighted by Gasteiger charge is -2.29. The van der Waals surface area contributed by atoms with Crippen LogP contribution in [0.4, 0.5) is 0 Å². The zero-order valence-corrected chi connectivity index (χ0v) is 10.6. The normalized spacial score (nSPS) is 16.4. The van der Waals surface area contributed by atoms with Crippen molar-refractivity contribution in [1.29, 1.82) is 0 Å². The van der Waals surface area contributed by atoms with Crippen LogP contribution < -0.4 is 0 Å². The van der Waals surface area contributed by atoms with Crippen molar-refractivity contribution in [3.63, 3.8) is 0 Å². The highest BCUT2D eigenvalue weighted by Crippen LogP contribution is 2.16. The fourth-order valence-corrected chi connectivity index (χ4v) is 1.01. The molecule has 2 atom stereocenters. The molecule has 1 amide bonds. The molecule has 6 nitrogen and oxygen atoms in total. The number of nitrogens with zero attached hydrogens (tertiary/aromatic N) is 1. The molecule has 0 radical (unpaired) electrons. The van der Waals surface area contributed by atoms with Crippen LogP contribution in [0.25, 0.3) is 0 Å². The Morgan fingerprint density at radius 1 is 1.31 bits per heavy atom. The van der Waals surface area contributed by atoms with Crippen LogP contribution in [0.1, 0.15) is 20.8 Å². The molecule has 0 bridgehead atoms. The molecule has 16 heavy (non-hydrogen) atoms. The summed E-state index contributed by atoms with van der Waals surface area (Å²) in [5.41, 5.74) is 0. The highest BCUT2D eigenvalue weighted by Gasteiger charge is 2.35. The van der Waals surface area contributed by atoms with Crippen LogP contribution in [0.2, 0.25) is 0 Å². The van der Waals surface area contributed by atoms with Crippen LogP contribution in [-0.4, -0.2) is 49.9 Å². The van der Waals surface area contributed by atoms with Crippen LogP contribution in [0.15, 0.2) is 0 Å². The van der Waals surface area contributed by atoms with Crippen LogP contribution >= 0.6 is 0 Å². The van der Waals surface area contributed by atoms with Crippen molar-refractivity contribution in [1.82, 2.24) is 5.06 Å². The Morgan fingerprint density at radius 3 is 2.12 bits per heavy atom. The summed E-state index contributed by atoms with van der Waals surface area (Å²) < 4.78 is 10.2.